The first kappa shape index (κ1) is 27.5. The maximum absolute atomic E-state index is 13.9. The van der Waals surface area contributed by atoms with Gasteiger partial charge in [-0.3, -0.25) is 9.35 Å². The van der Waals surface area contributed by atoms with Crippen LogP contribution >= 0.6 is 0 Å². The van der Waals surface area contributed by atoms with E-state index in [1.54, 1.807) is 0 Å². The highest BCUT2D eigenvalue weighted by Gasteiger charge is 2.68. The molecule has 0 amide bonds. The molecule has 31 heavy (non-hydrogen) atoms. The zero-order valence-corrected chi connectivity index (χ0v) is 17.7. The van der Waals surface area contributed by atoms with E-state index in [2.05, 4.69) is 14.2 Å². The fourth-order valence-corrected chi connectivity index (χ4v) is 3.07. The van der Waals surface area contributed by atoms with E-state index in [0.717, 1.165) is 6.42 Å². The van der Waals surface area contributed by atoms with Crippen molar-refractivity contribution < 1.29 is 58.7 Å². The van der Waals surface area contributed by atoms with Crippen LogP contribution in [0.2, 0.25) is 0 Å². The van der Waals surface area contributed by atoms with Gasteiger partial charge in [0.2, 0.25) is 0 Å². The molecule has 1 N–H and O–H groups in total. The first-order chi connectivity index (χ1) is 14.0. The van der Waals surface area contributed by atoms with Crippen LogP contribution in [0.5, 0.6) is 0 Å². The molecule has 1 fully saturated rings. The van der Waals surface area contributed by atoms with Crippen LogP contribution in [0.25, 0.3) is 0 Å². The van der Waals surface area contributed by atoms with Gasteiger partial charge >= 0.3 is 39.3 Å². The van der Waals surface area contributed by atoms with Gasteiger partial charge in [0.15, 0.2) is 0 Å². The van der Waals surface area contributed by atoms with Crippen LogP contribution in [-0.2, 0) is 33.9 Å². The van der Waals surface area contributed by atoms with Crippen molar-refractivity contribution in [1.82, 2.24) is 0 Å². The number of hydrogen-bond acceptors (Lipinski definition) is 7. The zero-order chi connectivity index (χ0) is 24.1. The van der Waals surface area contributed by atoms with Crippen LogP contribution < -0.4 is 0 Å². The summed E-state index contributed by atoms with van der Waals surface area (Å²) in [6.45, 7) is 0.775. The smallest absolute Gasteiger partial charge is 0.460 e. The Kier molecular flexibility index (Phi) is 9.21. The van der Waals surface area contributed by atoms with Crippen LogP contribution in [0, 0.1) is 11.8 Å². The molecule has 0 aromatic carbocycles. The molecule has 1 saturated carbocycles. The van der Waals surface area contributed by atoms with Crippen molar-refractivity contribution in [2.24, 2.45) is 11.8 Å². The molecule has 0 spiro atoms. The lowest BCUT2D eigenvalue weighted by molar-refractivity contribution is -0.358. The summed E-state index contributed by atoms with van der Waals surface area (Å²) >= 11 is 0. The molecule has 0 aromatic heterocycles. The lowest BCUT2D eigenvalue weighted by atomic mass is 9.89. The molecule has 0 heterocycles. The van der Waals surface area contributed by atoms with Crippen LogP contribution in [0.15, 0.2) is 0 Å². The number of alkyl halides is 5. The van der Waals surface area contributed by atoms with Crippen molar-refractivity contribution in [3.8, 4) is 0 Å². The second-order valence-corrected chi connectivity index (χ2v) is 9.12. The van der Waals surface area contributed by atoms with E-state index in [0.29, 0.717) is 12.8 Å². The van der Waals surface area contributed by atoms with E-state index in [-0.39, 0.29) is 12.8 Å². The maximum atomic E-state index is 13.9. The van der Waals surface area contributed by atoms with Gasteiger partial charge < -0.3 is 14.2 Å². The molecule has 0 saturated heterocycles. The summed E-state index contributed by atoms with van der Waals surface area (Å²) in [6, 6.07) is 0. The van der Waals surface area contributed by atoms with Gasteiger partial charge in [-0.1, -0.05) is 33.1 Å². The molecule has 0 bridgehead atoms. The van der Waals surface area contributed by atoms with Gasteiger partial charge in [0.1, 0.15) is 0 Å². The first-order valence-electron chi connectivity index (χ1n) is 9.49. The summed E-state index contributed by atoms with van der Waals surface area (Å²) in [7, 11) is -5.96. The topological polar surface area (TPSA) is 116 Å². The van der Waals surface area contributed by atoms with Gasteiger partial charge in [0, 0.05) is 0 Å². The molecule has 0 aromatic rings. The molecule has 14 heteroatoms. The largest absolute Gasteiger partial charge is 0.468 e. The Labute approximate surface area is 176 Å². The molecule has 1 aliphatic rings. The van der Waals surface area contributed by atoms with Crippen molar-refractivity contribution in [3.05, 3.63) is 0 Å². The van der Waals surface area contributed by atoms with Crippen molar-refractivity contribution >= 4 is 22.1 Å². The molecule has 8 nitrogen and oxygen atoms in total. The number of hydrogen-bond donors (Lipinski definition) is 1. The summed E-state index contributed by atoms with van der Waals surface area (Å²) in [6.07, 6.45) is -5.44. The van der Waals surface area contributed by atoms with E-state index < -0.39 is 70.7 Å². The van der Waals surface area contributed by atoms with Crippen LogP contribution in [-0.4, -0.2) is 55.3 Å². The molecule has 182 valence electrons. The Balaban J connectivity index is 3.19. The van der Waals surface area contributed by atoms with Gasteiger partial charge in [-0.25, -0.2) is 4.79 Å². The summed E-state index contributed by atoms with van der Waals surface area (Å²) in [5.74, 6) is -9.36. The monoisotopic (exact) mass is 484 g/mol. The van der Waals surface area contributed by atoms with E-state index in [4.69, 9.17) is 4.55 Å². The van der Waals surface area contributed by atoms with E-state index in [1.165, 1.54) is 13.8 Å². The van der Waals surface area contributed by atoms with Gasteiger partial charge in [-0.05, 0) is 18.8 Å². The Morgan fingerprint density at radius 3 is 2.06 bits per heavy atom. The van der Waals surface area contributed by atoms with E-state index in [9.17, 15) is 40.0 Å². The summed E-state index contributed by atoms with van der Waals surface area (Å²) < 4.78 is 111. The predicted molar refractivity (Wildman–Crippen MR) is 94.3 cm³/mol. The average molecular weight is 484 g/mol. The number of carbonyl (C=O) groups excluding carboxylic acids is 2. The Morgan fingerprint density at radius 1 is 1.06 bits per heavy atom. The fourth-order valence-electron chi connectivity index (χ4n) is 2.73. The third-order valence-corrected chi connectivity index (χ3v) is 5.41. The number of ether oxygens (including phenoxy) is 3. The Bertz CT molecular complexity index is 731. The average Bonchev–Trinajstić information content (AvgIpc) is 2.63. The Hall–Kier alpha value is -1.54. The van der Waals surface area contributed by atoms with Crippen molar-refractivity contribution in [2.45, 2.75) is 69.6 Å². The highest BCUT2D eigenvalue weighted by Crippen LogP contribution is 2.39. The second kappa shape index (κ2) is 10.4. The second-order valence-electron chi connectivity index (χ2n) is 7.57. The van der Waals surface area contributed by atoms with Gasteiger partial charge in [0.05, 0.1) is 25.6 Å². The molecule has 1 unspecified atom stereocenters. The Morgan fingerprint density at radius 2 is 1.61 bits per heavy atom. The third kappa shape index (κ3) is 7.24. The van der Waals surface area contributed by atoms with E-state index >= 15 is 0 Å². The highest BCUT2D eigenvalue weighted by atomic mass is 32.2. The molecule has 0 aliphatic heterocycles. The zero-order valence-electron chi connectivity index (χ0n) is 16.9. The molecule has 1 rings (SSSR count). The summed E-state index contributed by atoms with van der Waals surface area (Å²) in [5, 5.41) is -4.86. The highest BCUT2D eigenvalue weighted by molar-refractivity contribution is 7.86. The molecule has 0 radical (unpaired) electrons. The first-order valence-corrected chi connectivity index (χ1v) is 10.9. The summed E-state index contributed by atoms with van der Waals surface area (Å²) in [5.41, 5.74) is 0. The molecule has 1 atom stereocenters. The lowest BCUT2D eigenvalue weighted by Crippen LogP contribution is -2.59. The van der Waals surface area contributed by atoms with Crippen molar-refractivity contribution in [3.63, 3.8) is 0 Å². The normalized spacial score (nSPS) is 18.5. The summed E-state index contributed by atoms with van der Waals surface area (Å²) in [4.78, 5) is 24.6. The fraction of sp³-hybridized carbons (Fsp3) is 0.882. The number of esters is 2. The minimum Gasteiger partial charge on any atom is -0.460 e. The quantitative estimate of drug-likeness (QED) is 0.217. The maximum Gasteiger partial charge on any atom is 0.468 e. The third-order valence-electron chi connectivity index (χ3n) is 4.45. The number of carbonyl (C=O) groups is 2. The van der Waals surface area contributed by atoms with Gasteiger partial charge in [0.25, 0.3) is 0 Å². The van der Waals surface area contributed by atoms with Crippen molar-refractivity contribution in [1.29, 1.82) is 0 Å². The standard InChI is InChI=1S/C17H25F5O8S/c1-11(2)10-28-14(24)16(17(20,21)22,29-9-8-15(18,19)31(25,26)27)30-13(23)12-6-4-3-5-7-12/h11-12H,3-10H2,1-2H3,(H,25,26,27). The van der Waals surface area contributed by atoms with Crippen LogP contribution in [0.3, 0.4) is 0 Å². The number of rotatable bonds is 10. The van der Waals surface area contributed by atoms with Gasteiger partial charge in [-0.2, -0.15) is 30.4 Å². The molecular formula is C17H25F5O8S. The van der Waals surface area contributed by atoms with E-state index in [1.807, 2.05) is 0 Å². The minimum absolute atomic E-state index is 0.203. The lowest BCUT2D eigenvalue weighted by Gasteiger charge is -2.34. The van der Waals surface area contributed by atoms with Gasteiger partial charge in [-0.15, -0.1) is 0 Å². The molecular weight excluding hydrogens is 459 g/mol. The number of halogens is 5. The SMILES string of the molecule is CC(C)COC(=O)C(OCCC(F)(F)S(=O)(=O)O)(OC(=O)C1CCCCC1)C(F)(F)F. The van der Waals surface area contributed by atoms with Crippen LogP contribution in [0.4, 0.5) is 22.0 Å². The van der Waals surface area contributed by atoms with Crippen LogP contribution in [0.1, 0.15) is 52.4 Å². The molecule has 1 aliphatic carbocycles. The minimum atomic E-state index is -5.96. The predicted octanol–water partition coefficient (Wildman–Crippen LogP) is 3.46. The van der Waals surface area contributed by atoms with Crippen molar-refractivity contribution in [2.75, 3.05) is 13.2 Å².